The number of fused-ring (bicyclic) bond motifs is 1. The molecule has 0 bridgehead atoms. The maximum absolute atomic E-state index is 12.1. The van der Waals surface area contributed by atoms with Crippen LogP contribution in [-0.4, -0.2) is 41.6 Å². The van der Waals surface area contributed by atoms with E-state index in [-0.39, 0.29) is 11.9 Å². The Bertz CT molecular complexity index is 394. The number of hydrogen-bond acceptors (Lipinski definition) is 2. The van der Waals surface area contributed by atoms with Crippen LogP contribution in [0.2, 0.25) is 0 Å². The van der Waals surface area contributed by atoms with E-state index < -0.39 is 11.4 Å². The lowest BCUT2D eigenvalue weighted by atomic mass is 9.81. The summed E-state index contributed by atoms with van der Waals surface area (Å²) >= 11 is 0. The van der Waals surface area contributed by atoms with E-state index in [0.717, 1.165) is 38.1 Å². The van der Waals surface area contributed by atoms with Gasteiger partial charge in [0.1, 0.15) is 0 Å². The highest BCUT2D eigenvalue weighted by molar-refractivity contribution is 5.80. The van der Waals surface area contributed by atoms with Crippen LogP contribution in [0.25, 0.3) is 0 Å². The van der Waals surface area contributed by atoms with Gasteiger partial charge in [0.25, 0.3) is 0 Å². The minimum Gasteiger partial charge on any atom is -0.481 e. The van der Waals surface area contributed by atoms with Gasteiger partial charge in [0.2, 0.25) is 0 Å². The van der Waals surface area contributed by atoms with Crippen LogP contribution in [0, 0.1) is 17.3 Å². The number of carbonyl (C=O) groups is 2. The number of aliphatic carboxylic acids is 1. The average Bonchev–Trinajstić information content (AvgIpc) is 2.97. The van der Waals surface area contributed by atoms with E-state index in [1.807, 2.05) is 0 Å². The second-order valence-corrected chi connectivity index (χ2v) is 6.39. The predicted molar refractivity (Wildman–Crippen MR) is 69.7 cm³/mol. The molecule has 5 heteroatoms. The first-order valence-corrected chi connectivity index (χ1v) is 7.38. The summed E-state index contributed by atoms with van der Waals surface area (Å²) in [6.07, 6.45) is 6.30. The zero-order chi connectivity index (χ0) is 13.5. The molecule has 0 unspecified atom stereocenters. The highest BCUT2D eigenvalue weighted by atomic mass is 16.4. The molecule has 3 rings (SSSR count). The lowest BCUT2D eigenvalue weighted by Gasteiger charge is -2.23. The Morgan fingerprint density at radius 3 is 2.74 bits per heavy atom. The third-order valence-corrected chi connectivity index (χ3v) is 5.11. The molecule has 0 aromatic rings. The summed E-state index contributed by atoms with van der Waals surface area (Å²) in [4.78, 5) is 25.3. The molecule has 0 aromatic heterocycles. The Kier molecular flexibility index (Phi) is 3.15. The molecular formula is C14H22N2O3. The summed E-state index contributed by atoms with van der Waals surface area (Å²) in [6.45, 7) is 1.73. The number of carboxylic acid groups (broad SMARTS) is 1. The molecule has 0 aromatic carbocycles. The predicted octanol–water partition coefficient (Wildman–Crippen LogP) is 1.68. The van der Waals surface area contributed by atoms with Crippen molar-refractivity contribution < 1.29 is 14.7 Å². The summed E-state index contributed by atoms with van der Waals surface area (Å²) in [7, 11) is 0. The molecule has 0 radical (unpaired) electrons. The van der Waals surface area contributed by atoms with Crippen molar-refractivity contribution in [3.8, 4) is 0 Å². The van der Waals surface area contributed by atoms with Crippen LogP contribution in [-0.2, 0) is 4.79 Å². The lowest BCUT2D eigenvalue weighted by molar-refractivity contribution is -0.149. The first-order valence-electron chi connectivity index (χ1n) is 7.38. The molecule has 2 amide bonds. The Balaban J connectivity index is 1.55. The van der Waals surface area contributed by atoms with Gasteiger partial charge in [-0.25, -0.2) is 4.79 Å². The topological polar surface area (TPSA) is 69.6 Å². The van der Waals surface area contributed by atoms with E-state index in [0.29, 0.717) is 13.1 Å². The van der Waals surface area contributed by atoms with E-state index >= 15 is 0 Å². The van der Waals surface area contributed by atoms with E-state index in [2.05, 4.69) is 5.32 Å². The van der Waals surface area contributed by atoms with Gasteiger partial charge in [-0.2, -0.15) is 0 Å². The third kappa shape index (κ3) is 2.30. The molecule has 1 saturated heterocycles. The molecule has 5 nitrogen and oxygen atoms in total. The number of likely N-dealkylation sites (tertiary alicyclic amines) is 1. The van der Waals surface area contributed by atoms with E-state index in [1.165, 1.54) is 12.8 Å². The fraction of sp³-hybridized carbons (Fsp3) is 0.857. The second-order valence-electron chi connectivity index (χ2n) is 6.39. The van der Waals surface area contributed by atoms with Crippen LogP contribution in [0.15, 0.2) is 0 Å². The molecule has 2 aliphatic carbocycles. The number of carboxylic acids is 1. The maximum atomic E-state index is 12.1. The molecule has 3 fully saturated rings. The minimum absolute atomic E-state index is 0.0734. The lowest BCUT2D eigenvalue weighted by Crippen LogP contribution is -2.42. The number of nitrogens with zero attached hydrogens (tertiary/aromatic N) is 1. The van der Waals surface area contributed by atoms with Gasteiger partial charge < -0.3 is 15.3 Å². The van der Waals surface area contributed by atoms with Crippen molar-refractivity contribution in [1.82, 2.24) is 10.2 Å². The Morgan fingerprint density at radius 2 is 2.11 bits per heavy atom. The normalized spacial score (nSPS) is 33.3. The number of hydrogen-bond donors (Lipinski definition) is 2. The quantitative estimate of drug-likeness (QED) is 0.813. The standard InChI is InChI=1S/C14H22N2O3/c17-12(18)14-6-1-2-11(14)8-16(9-14)13(19)15-7-5-10-3-4-10/h10-11H,1-9H2,(H,15,19)(H,17,18)/t11-,14+/m0/s1. The third-order valence-electron chi connectivity index (χ3n) is 5.11. The van der Waals surface area contributed by atoms with Crippen molar-refractivity contribution in [1.29, 1.82) is 0 Å². The zero-order valence-electron chi connectivity index (χ0n) is 11.2. The molecule has 106 valence electrons. The molecule has 3 aliphatic rings. The molecule has 2 N–H and O–H groups in total. The smallest absolute Gasteiger partial charge is 0.317 e. The van der Waals surface area contributed by atoms with E-state index in [9.17, 15) is 14.7 Å². The van der Waals surface area contributed by atoms with E-state index in [1.54, 1.807) is 4.90 Å². The first-order chi connectivity index (χ1) is 9.12. The maximum Gasteiger partial charge on any atom is 0.317 e. The highest BCUT2D eigenvalue weighted by Crippen LogP contribution is 2.48. The molecule has 1 heterocycles. The van der Waals surface area contributed by atoms with Crippen molar-refractivity contribution in [2.75, 3.05) is 19.6 Å². The molecule has 2 saturated carbocycles. The van der Waals surface area contributed by atoms with Crippen LogP contribution in [0.3, 0.4) is 0 Å². The first kappa shape index (κ1) is 12.8. The summed E-state index contributed by atoms with van der Waals surface area (Å²) in [5, 5.41) is 12.4. The van der Waals surface area contributed by atoms with Crippen LogP contribution in [0.4, 0.5) is 4.79 Å². The number of rotatable bonds is 4. The van der Waals surface area contributed by atoms with Gasteiger partial charge >= 0.3 is 12.0 Å². The van der Waals surface area contributed by atoms with Gasteiger partial charge in [0, 0.05) is 19.6 Å². The fourth-order valence-electron chi connectivity index (χ4n) is 3.70. The average molecular weight is 266 g/mol. The number of amides is 2. The number of carbonyl (C=O) groups excluding carboxylic acids is 1. The highest BCUT2D eigenvalue weighted by Gasteiger charge is 2.55. The molecule has 0 spiro atoms. The SMILES string of the molecule is O=C(NCCC1CC1)N1C[C@@H]2CCC[C@@]2(C(=O)O)C1. The molecule has 2 atom stereocenters. The van der Waals surface area contributed by atoms with E-state index in [4.69, 9.17) is 0 Å². The van der Waals surface area contributed by atoms with Gasteiger partial charge in [0.15, 0.2) is 0 Å². The monoisotopic (exact) mass is 266 g/mol. The van der Waals surface area contributed by atoms with Crippen LogP contribution < -0.4 is 5.32 Å². The van der Waals surface area contributed by atoms with Gasteiger partial charge in [0.05, 0.1) is 5.41 Å². The fourth-order valence-corrected chi connectivity index (χ4v) is 3.70. The largest absolute Gasteiger partial charge is 0.481 e. The Hall–Kier alpha value is -1.26. The molecule has 1 aliphatic heterocycles. The Labute approximate surface area is 113 Å². The van der Waals surface area contributed by atoms with Crippen LogP contribution in [0.1, 0.15) is 38.5 Å². The summed E-state index contributed by atoms with van der Waals surface area (Å²) < 4.78 is 0. The summed E-state index contributed by atoms with van der Waals surface area (Å²) in [5.41, 5.74) is -0.659. The van der Waals surface area contributed by atoms with Gasteiger partial charge in [-0.1, -0.05) is 19.3 Å². The zero-order valence-corrected chi connectivity index (χ0v) is 11.2. The molecule has 19 heavy (non-hydrogen) atoms. The minimum atomic E-state index is -0.719. The summed E-state index contributed by atoms with van der Waals surface area (Å²) in [6, 6.07) is -0.0734. The van der Waals surface area contributed by atoms with Gasteiger partial charge in [-0.15, -0.1) is 0 Å². The Morgan fingerprint density at radius 1 is 1.32 bits per heavy atom. The van der Waals surface area contributed by atoms with Gasteiger partial charge in [-0.05, 0) is 31.1 Å². The van der Waals surface area contributed by atoms with Crippen molar-refractivity contribution in [2.45, 2.75) is 38.5 Å². The van der Waals surface area contributed by atoms with Crippen LogP contribution >= 0.6 is 0 Å². The van der Waals surface area contributed by atoms with Crippen molar-refractivity contribution >= 4 is 12.0 Å². The summed E-state index contributed by atoms with van der Waals surface area (Å²) in [5.74, 6) is 0.242. The van der Waals surface area contributed by atoms with Crippen molar-refractivity contribution in [2.24, 2.45) is 17.3 Å². The molecular weight excluding hydrogens is 244 g/mol. The van der Waals surface area contributed by atoms with Gasteiger partial charge in [-0.3, -0.25) is 4.79 Å². The van der Waals surface area contributed by atoms with Crippen molar-refractivity contribution in [3.05, 3.63) is 0 Å². The van der Waals surface area contributed by atoms with Crippen LogP contribution in [0.5, 0.6) is 0 Å². The second kappa shape index (κ2) is 4.69. The number of urea groups is 1. The van der Waals surface area contributed by atoms with Crippen molar-refractivity contribution in [3.63, 3.8) is 0 Å². The number of nitrogens with one attached hydrogen (secondary N) is 1.